The summed E-state index contributed by atoms with van der Waals surface area (Å²) in [6.45, 7) is 0. The van der Waals surface area contributed by atoms with Gasteiger partial charge in [-0.05, 0) is 6.07 Å². The summed E-state index contributed by atoms with van der Waals surface area (Å²) in [5, 5.41) is 15.7. The molecule has 17 heavy (non-hydrogen) atoms. The van der Waals surface area contributed by atoms with E-state index in [1.165, 1.54) is 17.8 Å². The highest BCUT2D eigenvalue weighted by Gasteiger charge is 2.20. The minimum absolute atomic E-state index is 0.0746. The highest BCUT2D eigenvalue weighted by molar-refractivity contribution is 8.14. The normalized spacial score (nSPS) is 17.5. The molecule has 1 aliphatic heterocycles. The molecule has 0 radical (unpaired) electrons. The van der Waals surface area contributed by atoms with Gasteiger partial charge in [0.1, 0.15) is 0 Å². The van der Waals surface area contributed by atoms with Crippen LogP contribution in [0.25, 0.3) is 0 Å². The van der Waals surface area contributed by atoms with Crippen molar-refractivity contribution in [2.24, 2.45) is 10.1 Å². The number of hydrazone groups is 1. The van der Waals surface area contributed by atoms with Crippen LogP contribution >= 0.6 is 11.8 Å². The van der Waals surface area contributed by atoms with E-state index in [0.29, 0.717) is 22.2 Å². The minimum atomic E-state index is -0.397. The van der Waals surface area contributed by atoms with Crippen molar-refractivity contribution in [2.45, 2.75) is 0 Å². The number of hydrogen-bond donors (Lipinski definition) is 1. The van der Waals surface area contributed by atoms with Crippen molar-refractivity contribution in [3.63, 3.8) is 0 Å². The lowest BCUT2D eigenvalue weighted by Gasteiger charge is -2.14. The minimum Gasteiger partial charge on any atom is -0.265 e. The number of nitro benzene ring substituents is 1. The molecule has 0 bridgehead atoms. The van der Waals surface area contributed by atoms with E-state index in [4.69, 9.17) is 0 Å². The summed E-state index contributed by atoms with van der Waals surface area (Å²) in [6, 6.07) is 6.59. The van der Waals surface area contributed by atoms with E-state index in [0.717, 1.165) is 0 Å². The molecule has 0 saturated carbocycles. The summed E-state index contributed by atoms with van der Waals surface area (Å²) >= 11 is 1.47. The van der Waals surface area contributed by atoms with Crippen molar-refractivity contribution < 1.29 is 4.92 Å². The Bertz CT molecular complexity index is 513. The molecule has 2 rings (SSSR count). The number of nitrogens with one attached hydrogen (secondary N) is 1. The molecule has 0 unspecified atom stereocenters. The van der Waals surface area contributed by atoms with Crippen LogP contribution in [0.2, 0.25) is 0 Å². The van der Waals surface area contributed by atoms with Crippen molar-refractivity contribution in [3.8, 4) is 0 Å². The predicted molar refractivity (Wildman–Crippen MR) is 68.6 cm³/mol. The Kier molecular flexibility index (Phi) is 3.38. The van der Waals surface area contributed by atoms with Crippen LogP contribution in [0.5, 0.6) is 0 Å². The zero-order valence-corrected chi connectivity index (χ0v) is 9.90. The lowest BCUT2D eigenvalue weighted by Crippen LogP contribution is -2.25. The molecule has 0 spiro atoms. The van der Waals surface area contributed by atoms with Crippen molar-refractivity contribution in [3.05, 3.63) is 39.9 Å². The van der Waals surface area contributed by atoms with Gasteiger partial charge in [0.25, 0.3) is 5.69 Å². The van der Waals surface area contributed by atoms with Gasteiger partial charge in [-0.3, -0.25) is 20.5 Å². The van der Waals surface area contributed by atoms with E-state index in [2.05, 4.69) is 15.5 Å². The standard InChI is InChI=1S/C10H10N4O2S/c1-11-10-13-12-8(6-17-10)7-4-2-3-5-9(7)14(15)16/h2-5H,6H2,1H3,(H,11,13). The predicted octanol–water partition coefficient (Wildman–Crippen LogP) is 1.62. The fraction of sp³-hybridized carbons (Fsp3) is 0.200. The van der Waals surface area contributed by atoms with Gasteiger partial charge in [-0.1, -0.05) is 23.9 Å². The first-order valence-electron chi connectivity index (χ1n) is 4.88. The molecule has 0 atom stereocenters. The lowest BCUT2D eigenvalue weighted by molar-refractivity contribution is -0.385. The third-order valence-corrected chi connectivity index (χ3v) is 3.21. The van der Waals surface area contributed by atoms with Gasteiger partial charge in [0.15, 0.2) is 5.17 Å². The Hall–Kier alpha value is -1.89. The van der Waals surface area contributed by atoms with E-state index in [-0.39, 0.29) is 5.69 Å². The molecule has 0 saturated heterocycles. The molecule has 0 amide bonds. The van der Waals surface area contributed by atoms with Crippen LogP contribution in [-0.4, -0.2) is 28.6 Å². The Labute approximate surface area is 102 Å². The molecule has 0 aliphatic carbocycles. The molecule has 0 aromatic heterocycles. The topological polar surface area (TPSA) is 79.9 Å². The van der Waals surface area contributed by atoms with E-state index in [9.17, 15) is 10.1 Å². The van der Waals surface area contributed by atoms with Crippen LogP contribution in [0.4, 0.5) is 5.69 Å². The first-order valence-corrected chi connectivity index (χ1v) is 5.87. The van der Waals surface area contributed by atoms with E-state index in [1.54, 1.807) is 25.2 Å². The van der Waals surface area contributed by atoms with Gasteiger partial charge in [-0.2, -0.15) is 5.10 Å². The smallest absolute Gasteiger partial charge is 0.265 e. The van der Waals surface area contributed by atoms with E-state index < -0.39 is 4.92 Å². The molecular weight excluding hydrogens is 240 g/mol. The number of nitrogens with zero attached hydrogens (tertiary/aromatic N) is 3. The maximum Gasteiger partial charge on any atom is 0.278 e. The SMILES string of the molecule is CN=C1NN=C(c2ccccc2[N+](=O)[O-])CS1. The molecule has 1 N–H and O–H groups in total. The Balaban J connectivity index is 2.36. The summed E-state index contributed by atoms with van der Waals surface area (Å²) in [5.74, 6) is 0.574. The number of aliphatic imine (C=N–C) groups is 1. The Morgan fingerprint density at radius 2 is 2.29 bits per heavy atom. The molecule has 1 heterocycles. The van der Waals surface area contributed by atoms with Crippen LogP contribution < -0.4 is 5.43 Å². The molecule has 7 heteroatoms. The zero-order chi connectivity index (χ0) is 12.3. The van der Waals surface area contributed by atoms with Crippen LogP contribution in [-0.2, 0) is 0 Å². The highest BCUT2D eigenvalue weighted by Crippen LogP contribution is 2.22. The van der Waals surface area contributed by atoms with Gasteiger partial charge < -0.3 is 0 Å². The Morgan fingerprint density at radius 3 is 2.88 bits per heavy atom. The fourth-order valence-corrected chi connectivity index (χ4v) is 2.18. The van der Waals surface area contributed by atoms with Crippen molar-refractivity contribution in [2.75, 3.05) is 12.8 Å². The number of rotatable bonds is 2. The second kappa shape index (κ2) is 4.96. The summed E-state index contributed by atoms with van der Waals surface area (Å²) in [5.41, 5.74) is 4.05. The molecule has 1 aromatic rings. The maximum atomic E-state index is 10.9. The van der Waals surface area contributed by atoms with Gasteiger partial charge in [-0.15, -0.1) is 0 Å². The van der Waals surface area contributed by atoms with Crippen molar-refractivity contribution >= 4 is 28.3 Å². The van der Waals surface area contributed by atoms with Gasteiger partial charge >= 0.3 is 0 Å². The second-order valence-electron chi connectivity index (χ2n) is 3.26. The summed E-state index contributed by atoms with van der Waals surface area (Å²) < 4.78 is 0. The third-order valence-electron chi connectivity index (χ3n) is 2.25. The van der Waals surface area contributed by atoms with Crippen LogP contribution in [0.1, 0.15) is 5.56 Å². The number of benzene rings is 1. The molecule has 88 valence electrons. The fourth-order valence-electron chi connectivity index (χ4n) is 1.45. The average molecular weight is 250 g/mol. The zero-order valence-electron chi connectivity index (χ0n) is 9.08. The number of para-hydroxylation sites is 1. The van der Waals surface area contributed by atoms with Crippen LogP contribution in [0.3, 0.4) is 0 Å². The summed E-state index contributed by atoms with van der Waals surface area (Å²) in [7, 11) is 1.67. The number of thioether (sulfide) groups is 1. The van der Waals surface area contributed by atoms with Crippen molar-refractivity contribution in [1.29, 1.82) is 0 Å². The number of nitro groups is 1. The molecule has 1 aromatic carbocycles. The van der Waals surface area contributed by atoms with Gasteiger partial charge in [0.05, 0.1) is 16.2 Å². The van der Waals surface area contributed by atoms with E-state index >= 15 is 0 Å². The first kappa shape index (κ1) is 11.6. The highest BCUT2D eigenvalue weighted by atomic mass is 32.2. The van der Waals surface area contributed by atoms with E-state index in [1.807, 2.05) is 0 Å². The quantitative estimate of drug-likeness (QED) is 0.639. The second-order valence-corrected chi connectivity index (χ2v) is 4.23. The van der Waals surface area contributed by atoms with Gasteiger partial charge in [0.2, 0.25) is 0 Å². The molecule has 1 aliphatic rings. The van der Waals surface area contributed by atoms with Gasteiger partial charge in [0, 0.05) is 18.9 Å². The summed E-state index contributed by atoms with van der Waals surface area (Å²) in [4.78, 5) is 14.4. The molecular formula is C10H10N4O2S. The third kappa shape index (κ3) is 2.44. The Morgan fingerprint density at radius 1 is 1.53 bits per heavy atom. The number of amidine groups is 1. The first-order chi connectivity index (χ1) is 8.22. The number of hydrogen-bond acceptors (Lipinski definition) is 5. The monoisotopic (exact) mass is 250 g/mol. The lowest BCUT2D eigenvalue weighted by atomic mass is 10.1. The van der Waals surface area contributed by atoms with Crippen LogP contribution in [0.15, 0.2) is 34.4 Å². The van der Waals surface area contributed by atoms with Gasteiger partial charge in [-0.25, -0.2) is 0 Å². The van der Waals surface area contributed by atoms with Crippen LogP contribution in [0, 0.1) is 10.1 Å². The maximum absolute atomic E-state index is 10.9. The average Bonchev–Trinajstić information content (AvgIpc) is 2.39. The molecule has 0 fully saturated rings. The largest absolute Gasteiger partial charge is 0.278 e. The summed E-state index contributed by atoms with van der Waals surface area (Å²) in [6.07, 6.45) is 0. The van der Waals surface area contributed by atoms with Crippen molar-refractivity contribution in [1.82, 2.24) is 5.43 Å². The molecule has 6 nitrogen and oxygen atoms in total.